The number of hydrogen-bond acceptors (Lipinski definition) is 2. The van der Waals surface area contributed by atoms with Crippen molar-refractivity contribution in [3.8, 4) is 0 Å². The summed E-state index contributed by atoms with van der Waals surface area (Å²) in [4.78, 5) is 16.7. The standard InChI is InChI=1S/C16H13BrN2O/c17-14-7-3-1-5-12(14)9-10-19-11-18-15-8-4-2-6-13(15)16(19)20/h1-8,11H,9-10H2. The van der Waals surface area contributed by atoms with Gasteiger partial charge >= 0.3 is 0 Å². The molecule has 0 spiro atoms. The van der Waals surface area contributed by atoms with Crippen LogP contribution in [0.25, 0.3) is 10.9 Å². The van der Waals surface area contributed by atoms with Crippen LogP contribution >= 0.6 is 15.9 Å². The van der Waals surface area contributed by atoms with Gasteiger partial charge in [-0.1, -0.05) is 46.3 Å². The highest BCUT2D eigenvalue weighted by atomic mass is 79.9. The largest absolute Gasteiger partial charge is 0.298 e. The molecule has 1 aromatic heterocycles. The molecule has 4 heteroatoms. The van der Waals surface area contributed by atoms with Crippen molar-refractivity contribution in [1.82, 2.24) is 9.55 Å². The molecular formula is C16H13BrN2O. The summed E-state index contributed by atoms with van der Waals surface area (Å²) in [5, 5.41) is 0.669. The van der Waals surface area contributed by atoms with Crippen LogP contribution < -0.4 is 5.56 Å². The third kappa shape index (κ3) is 2.51. The molecule has 0 aliphatic carbocycles. The quantitative estimate of drug-likeness (QED) is 0.738. The summed E-state index contributed by atoms with van der Waals surface area (Å²) < 4.78 is 2.74. The van der Waals surface area contributed by atoms with E-state index in [2.05, 4.69) is 27.0 Å². The SMILES string of the molecule is O=c1c2ccccc2ncn1CCc1ccccc1Br. The van der Waals surface area contributed by atoms with Crippen LogP contribution in [0.4, 0.5) is 0 Å². The van der Waals surface area contributed by atoms with E-state index in [0.717, 1.165) is 16.4 Å². The Bertz CT molecular complexity index is 811. The van der Waals surface area contributed by atoms with Gasteiger partial charge in [-0.3, -0.25) is 9.36 Å². The summed E-state index contributed by atoms with van der Waals surface area (Å²) in [6.07, 6.45) is 2.42. The van der Waals surface area contributed by atoms with Gasteiger partial charge in [0.15, 0.2) is 0 Å². The van der Waals surface area contributed by atoms with Gasteiger partial charge in [0, 0.05) is 11.0 Å². The number of halogens is 1. The molecule has 0 saturated carbocycles. The molecule has 0 fully saturated rings. The van der Waals surface area contributed by atoms with Crippen molar-refractivity contribution in [1.29, 1.82) is 0 Å². The third-order valence-corrected chi connectivity index (χ3v) is 4.09. The van der Waals surface area contributed by atoms with Crippen LogP contribution in [0, 0.1) is 0 Å². The summed E-state index contributed by atoms with van der Waals surface area (Å²) in [6.45, 7) is 0.624. The Morgan fingerprint density at radius 3 is 2.65 bits per heavy atom. The van der Waals surface area contributed by atoms with E-state index in [1.807, 2.05) is 42.5 Å². The fraction of sp³-hybridized carbons (Fsp3) is 0.125. The number of fused-ring (bicyclic) bond motifs is 1. The molecule has 0 amide bonds. The van der Waals surface area contributed by atoms with E-state index in [1.165, 1.54) is 5.56 Å². The molecular weight excluding hydrogens is 316 g/mol. The molecule has 2 aromatic carbocycles. The lowest BCUT2D eigenvalue weighted by molar-refractivity contribution is 0.661. The Hall–Kier alpha value is -1.94. The van der Waals surface area contributed by atoms with E-state index < -0.39 is 0 Å². The molecule has 1 heterocycles. The fourth-order valence-electron chi connectivity index (χ4n) is 2.21. The van der Waals surface area contributed by atoms with Gasteiger partial charge in [0.1, 0.15) is 0 Å². The van der Waals surface area contributed by atoms with Crippen molar-refractivity contribution in [2.75, 3.05) is 0 Å². The molecule has 0 N–H and O–H groups in total. The first-order chi connectivity index (χ1) is 9.75. The van der Waals surface area contributed by atoms with Gasteiger partial charge in [0.25, 0.3) is 5.56 Å². The molecule has 0 unspecified atom stereocenters. The number of hydrogen-bond donors (Lipinski definition) is 0. The second-order valence-corrected chi connectivity index (χ2v) is 5.46. The van der Waals surface area contributed by atoms with Gasteiger partial charge in [0.2, 0.25) is 0 Å². The molecule has 0 aliphatic rings. The highest BCUT2D eigenvalue weighted by molar-refractivity contribution is 9.10. The van der Waals surface area contributed by atoms with Crippen LogP contribution in [-0.4, -0.2) is 9.55 Å². The summed E-state index contributed by atoms with van der Waals surface area (Å²) in [7, 11) is 0. The maximum Gasteiger partial charge on any atom is 0.261 e. The Kier molecular flexibility index (Phi) is 3.65. The number of nitrogens with zero attached hydrogens (tertiary/aromatic N) is 2. The maximum atomic E-state index is 12.3. The topological polar surface area (TPSA) is 34.9 Å². The van der Waals surface area contributed by atoms with Gasteiger partial charge in [0.05, 0.1) is 17.2 Å². The summed E-state index contributed by atoms with van der Waals surface area (Å²) >= 11 is 3.53. The van der Waals surface area contributed by atoms with Crippen molar-refractivity contribution in [3.63, 3.8) is 0 Å². The van der Waals surface area contributed by atoms with E-state index in [9.17, 15) is 4.79 Å². The van der Waals surface area contributed by atoms with Crippen LogP contribution in [0.2, 0.25) is 0 Å². The highest BCUT2D eigenvalue weighted by Crippen LogP contribution is 2.16. The number of rotatable bonds is 3. The normalized spacial score (nSPS) is 10.8. The lowest BCUT2D eigenvalue weighted by atomic mass is 10.1. The van der Waals surface area contributed by atoms with Crippen molar-refractivity contribution >= 4 is 26.8 Å². The van der Waals surface area contributed by atoms with Crippen LogP contribution in [0.3, 0.4) is 0 Å². The molecule has 0 aliphatic heterocycles. The van der Waals surface area contributed by atoms with E-state index in [1.54, 1.807) is 10.9 Å². The van der Waals surface area contributed by atoms with Crippen LogP contribution in [0.15, 0.2) is 64.1 Å². The minimum atomic E-state index is 0.0163. The predicted octanol–water partition coefficient (Wildman–Crippen LogP) is 3.40. The Balaban J connectivity index is 1.90. The van der Waals surface area contributed by atoms with Crippen LogP contribution in [0.5, 0.6) is 0 Å². The van der Waals surface area contributed by atoms with E-state index in [-0.39, 0.29) is 5.56 Å². The van der Waals surface area contributed by atoms with E-state index in [4.69, 9.17) is 0 Å². The van der Waals surface area contributed by atoms with Gasteiger partial charge in [-0.25, -0.2) is 4.98 Å². The smallest absolute Gasteiger partial charge is 0.261 e. The number of para-hydroxylation sites is 1. The Morgan fingerprint density at radius 1 is 1.05 bits per heavy atom. The average Bonchev–Trinajstić information content (AvgIpc) is 2.48. The van der Waals surface area contributed by atoms with Crippen LogP contribution in [-0.2, 0) is 13.0 Å². The van der Waals surface area contributed by atoms with Gasteiger partial charge in [-0.15, -0.1) is 0 Å². The van der Waals surface area contributed by atoms with E-state index in [0.29, 0.717) is 11.9 Å². The third-order valence-electron chi connectivity index (χ3n) is 3.31. The van der Waals surface area contributed by atoms with Crippen molar-refractivity contribution in [3.05, 3.63) is 75.2 Å². The highest BCUT2D eigenvalue weighted by Gasteiger charge is 2.04. The van der Waals surface area contributed by atoms with Crippen molar-refractivity contribution in [2.24, 2.45) is 0 Å². The molecule has 3 aromatic rings. The second-order valence-electron chi connectivity index (χ2n) is 4.60. The molecule has 0 saturated heterocycles. The minimum absolute atomic E-state index is 0.0163. The monoisotopic (exact) mass is 328 g/mol. The zero-order valence-corrected chi connectivity index (χ0v) is 12.4. The second kappa shape index (κ2) is 5.59. The molecule has 3 rings (SSSR count). The lowest BCUT2D eigenvalue weighted by Gasteiger charge is -2.07. The number of aryl methyl sites for hydroxylation is 2. The van der Waals surface area contributed by atoms with Gasteiger partial charge < -0.3 is 0 Å². The Morgan fingerprint density at radius 2 is 1.80 bits per heavy atom. The van der Waals surface area contributed by atoms with Gasteiger partial charge in [-0.05, 0) is 30.2 Å². The summed E-state index contributed by atoms with van der Waals surface area (Å²) in [5.41, 5.74) is 1.95. The van der Waals surface area contributed by atoms with Crippen molar-refractivity contribution in [2.45, 2.75) is 13.0 Å². The average molecular weight is 329 g/mol. The molecule has 20 heavy (non-hydrogen) atoms. The first kappa shape index (κ1) is 13.1. The first-order valence-corrected chi connectivity index (χ1v) is 7.22. The maximum absolute atomic E-state index is 12.3. The van der Waals surface area contributed by atoms with Crippen LogP contribution in [0.1, 0.15) is 5.56 Å². The number of aromatic nitrogens is 2. The Labute approximate surface area is 125 Å². The number of benzene rings is 2. The zero-order chi connectivity index (χ0) is 13.9. The van der Waals surface area contributed by atoms with Gasteiger partial charge in [-0.2, -0.15) is 0 Å². The minimum Gasteiger partial charge on any atom is -0.298 e. The predicted molar refractivity (Wildman–Crippen MR) is 83.8 cm³/mol. The van der Waals surface area contributed by atoms with Crippen molar-refractivity contribution < 1.29 is 0 Å². The molecule has 0 atom stereocenters. The summed E-state index contributed by atoms with van der Waals surface area (Å²) in [5.74, 6) is 0. The molecule has 3 nitrogen and oxygen atoms in total. The summed E-state index contributed by atoms with van der Waals surface area (Å²) in [6, 6.07) is 15.5. The fourth-order valence-corrected chi connectivity index (χ4v) is 2.69. The van der Waals surface area contributed by atoms with E-state index >= 15 is 0 Å². The first-order valence-electron chi connectivity index (χ1n) is 6.43. The molecule has 0 radical (unpaired) electrons. The lowest BCUT2D eigenvalue weighted by Crippen LogP contribution is -2.21. The zero-order valence-electron chi connectivity index (χ0n) is 10.8. The molecule has 0 bridgehead atoms. The molecule has 100 valence electrons.